The van der Waals surface area contributed by atoms with Crippen LogP contribution in [0.4, 0.5) is 11.4 Å². The molecule has 1 saturated heterocycles. The smallest absolute Gasteiger partial charge is 0.303 e. The number of allylic oxidation sites excluding steroid dienone is 1. The number of benzene rings is 2. The van der Waals surface area contributed by atoms with Crippen LogP contribution in [0.3, 0.4) is 0 Å². The molecule has 5 rings (SSSR count). The van der Waals surface area contributed by atoms with Gasteiger partial charge in [0.15, 0.2) is 0 Å². The van der Waals surface area contributed by atoms with Gasteiger partial charge in [-0.15, -0.1) is 0 Å². The highest BCUT2D eigenvalue weighted by Gasteiger charge is 2.52. The van der Waals surface area contributed by atoms with E-state index in [4.69, 9.17) is 9.84 Å². The molecule has 0 unspecified atom stereocenters. The number of carbonyl (C=O) groups excluding carboxylic acids is 2. The number of ether oxygens (including phenoxy) is 1. The van der Waals surface area contributed by atoms with E-state index in [-0.39, 0.29) is 18.2 Å². The number of carboxylic acid groups (broad SMARTS) is 1. The predicted octanol–water partition coefficient (Wildman–Crippen LogP) is 3.69. The number of hydrogen-bond donors (Lipinski definition) is 2. The number of nitriles is 1. The number of aryl methyl sites for hydroxylation is 1. The summed E-state index contributed by atoms with van der Waals surface area (Å²) in [4.78, 5) is 38.3. The van der Waals surface area contributed by atoms with E-state index in [0.717, 1.165) is 23.2 Å². The number of rotatable bonds is 7. The Kier molecular flexibility index (Phi) is 5.77. The van der Waals surface area contributed by atoms with Crippen LogP contribution in [0, 0.1) is 11.3 Å². The van der Waals surface area contributed by atoms with Crippen molar-refractivity contribution in [1.82, 2.24) is 0 Å². The van der Waals surface area contributed by atoms with Crippen LogP contribution < -0.4 is 15.0 Å². The first kappa shape index (κ1) is 22.7. The zero-order valence-electron chi connectivity index (χ0n) is 19.2. The SMILES string of the molecule is N#Cc1ccc(CCCC(=O)O)c(NC(=O)C2=C[C@]23CCOc2ccc(N4CCCC4=O)cc23)c1. The lowest BCUT2D eigenvalue weighted by Crippen LogP contribution is -2.28. The van der Waals surface area contributed by atoms with Crippen LogP contribution >= 0.6 is 0 Å². The summed E-state index contributed by atoms with van der Waals surface area (Å²) in [7, 11) is 0. The maximum absolute atomic E-state index is 13.3. The number of hydrogen-bond acceptors (Lipinski definition) is 5. The first-order valence-electron chi connectivity index (χ1n) is 11.8. The topological polar surface area (TPSA) is 120 Å². The molecule has 3 aliphatic rings. The minimum atomic E-state index is -0.873. The summed E-state index contributed by atoms with van der Waals surface area (Å²) in [6.07, 6.45) is 4.88. The highest BCUT2D eigenvalue weighted by molar-refractivity contribution is 6.11. The number of aliphatic carboxylic acids is 1. The maximum atomic E-state index is 13.3. The Labute approximate surface area is 202 Å². The average molecular weight is 472 g/mol. The molecule has 0 radical (unpaired) electrons. The van der Waals surface area contributed by atoms with Crippen LogP contribution in [0.25, 0.3) is 0 Å². The molecule has 0 aromatic heterocycles. The van der Waals surface area contributed by atoms with E-state index in [1.165, 1.54) is 0 Å². The van der Waals surface area contributed by atoms with Crippen molar-refractivity contribution in [3.8, 4) is 11.8 Å². The highest BCUT2D eigenvalue weighted by atomic mass is 16.5. The van der Waals surface area contributed by atoms with Gasteiger partial charge in [0.25, 0.3) is 5.91 Å². The molecule has 1 atom stereocenters. The van der Waals surface area contributed by atoms with Crippen molar-refractivity contribution in [1.29, 1.82) is 5.26 Å². The molecule has 1 fully saturated rings. The van der Waals surface area contributed by atoms with E-state index >= 15 is 0 Å². The molecule has 2 amide bonds. The van der Waals surface area contributed by atoms with Gasteiger partial charge in [-0.05, 0) is 61.6 Å². The largest absolute Gasteiger partial charge is 0.493 e. The van der Waals surface area contributed by atoms with Crippen molar-refractivity contribution in [2.24, 2.45) is 0 Å². The molecule has 8 nitrogen and oxygen atoms in total. The van der Waals surface area contributed by atoms with Crippen molar-refractivity contribution in [3.63, 3.8) is 0 Å². The van der Waals surface area contributed by atoms with E-state index < -0.39 is 11.4 Å². The Morgan fingerprint density at radius 1 is 1.23 bits per heavy atom. The fourth-order valence-electron chi connectivity index (χ4n) is 5.05. The van der Waals surface area contributed by atoms with E-state index in [1.54, 1.807) is 23.1 Å². The van der Waals surface area contributed by atoms with Gasteiger partial charge in [-0.25, -0.2) is 0 Å². The van der Waals surface area contributed by atoms with Gasteiger partial charge < -0.3 is 20.1 Å². The second kappa shape index (κ2) is 8.91. The summed E-state index contributed by atoms with van der Waals surface area (Å²) in [5.74, 6) is -0.311. The molecule has 2 aromatic carbocycles. The number of carbonyl (C=O) groups is 3. The van der Waals surface area contributed by atoms with Crippen molar-refractivity contribution >= 4 is 29.2 Å². The van der Waals surface area contributed by atoms with Gasteiger partial charge >= 0.3 is 5.97 Å². The number of amides is 2. The summed E-state index contributed by atoms with van der Waals surface area (Å²) in [5, 5.41) is 21.2. The van der Waals surface area contributed by atoms with Gasteiger partial charge in [-0.2, -0.15) is 5.26 Å². The maximum Gasteiger partial charge on any atom is 0.303 e. The molecule has 0 saturated carbocycles. The first-order chi connectivity index (χ1) is 16.9. The van der Waals surface area contributed by atoms with Crippen LogP contribution in [0.2, 0.25) is 0 Å². The summed E-state index contributed by atoms with van der Waals surface area (Å²) < 4.78 is 5.85. The minimum absolute atomic E-state index is 0.0281. The second-order valence-corrected chi connectivity index (χ2v) is 9.14. The fourth-order valence-corrected chi connectivity index (χ4v) is 5.05. The number of anilines is 2. The summed E-state index contributed by atoms with van der Waals surface area (Å²) in [6, 6.07) is 12.9. The second-order valence-electron chi connectivity index (χ2n) is 9.14. The van der Waals surface area contributed by atoms with Crippen molar-refractivity contribution in [3.05, 3.63) is 64.7 Å². The van der Waals surface area contributed by atoms with Crippen molar-refractivity contribution in [2.75, 3.05) is 23.4 Å². The molecular formula is C27H25N3O5. The molecule has 2 aromatic rings. The third-order valence-electron chi connectivity index (χ3n) is 6.94. The predicted molar refractivity (Wildman–Crippen MR) is 128 cm³/mol. The number of nitrogens with one attached hydrogen (secondary N) is 1. The van der Waals surface area contributed by atoms with Gasteiger partial charge in [-0.1, -0.05) is 12.1 Å². The molecule has 1 aliphatic carbocycles. The number of carboxylic acids is 1. The van der Waals surface area contributed by atoms with Gasteiger partial charge in [0.05, 0.1) is 23.7 Å². The Hall–Kier alpha value is -4.12. The lowest BCUT2D eigenvalue weighted by molar-refractivity contribution is -0.137. The van der Waals surface area contributed by atoms with E-state index in [2.05, 4.69) is 11.4 Å². The van der Waals surface area contributed by atoms with Crippen molar-refractivity contribution in [2.45, 2.75) is 43.9 Å². The zero-order chi connectivity index (χ0) is 24.6. The molecule has 35 heavy (non-hydrogen) atoms. The van der Waals surface area contributed by atoms with Crippen LogP contribution in [0.5, 0.6) is 5.75 Å². The molecule has 8 heteroatoms. The van der Waals surface area contributed by atoms with Crippen LogP contribution in [0.15, 0.2) is 48.0 Å². The molecule has 2 heterocycles. The Balaban J connectivity index is 1.37. The third-order valence-corrected chi connectivity index (χ3v) is 6.94. The number of nitrogens with zero attached hydrogens (tertiary/aromatic N) is 2. The fraction of sp³-hybridized carbons (Fsp3) is 0.333. The van der Waals surface area contributed by atoms with Gasteiger partial charge in [0.1, 0.15) is 5.75 Å². The van der Waals surface area contributed by atoms with Gasteiger partial charge in [-0.3, -0.25) is 14.4 Å². The standard InChI is InChI=1S/C27H25N3O5/c28-16-17-6-7-18(3-1-5-25(32)33)22(13-17)29-26(34)21-15-27(21)10-12-35-23-9-8-19(14-20(23)27)30-11-2-4-24(30)31/h6-9,13-15H,1-5,10-12H2,(H,29,34)(H,32,33)/t27-/m0/s1. The van der Waals surface area contributed by atoms with E-state index in [1.807, 2.05) is 24.3 Å². The Bertz CT molecular complexity index is 1310. The molecule has 178 valence electrons. The molecule has 0 bridgehead atoms. The van der Waals surface area contributed by atoms with Crippen LogP contribution in [-0.4, -0.2) is 36.0 Å². The van der Waals surface area contributed by atoms with Gasteiger partial charge in [0, 0.05) is 41.9 Å². The lowest BCUT2D eigenvalue weighted by Gasteiger charge is -2.29. The average Bonchev–Trinajstić information content (AvgIpc) is 3.40. The van der Waals surface area contributed by atoms with E-state index in [0.29, 0.717) is 61.4 Å². The van der Waals surface area contributed by atoms with E-state index in [9.17, 15) is 19.6 Å². The van der Waals surface area contributed by atoms with Crippen LogP contribution in [-0.2, 0) is 26.2 Å². The lowest BCUT2D eigenvalue weighted by atomic mass is 9.84. The normalized spacial score (nSPS) is 20.0. The Morgan fingerprint density at radius 2 is 2.09 bits per heavy atom. The molecular weight excluding hydrogens is 446 g/mol. The molecule has 1 spiro atoms. The minimum Gasteiger partial charge on any atom is -0.493 e. The summed E-state index contributed by atoms with van der Waals surface area (Å²) in [5.41, 5.74) is 3.52. The zero-order valence-corrected chi connectivity index (χ0v) is 19.2. The van der Waals surface area contributed by atoms with Crippen molar-refractivity contribution < 1.29 is 24.2 Å². The number of fused-ring (bicyclic) bond motifs is 2. The van der Waals surface area contributed by atoms with Gasteiger partial charge in [0.2, 0.25) is 5.91 Å². The summed E-state index contributed by atoms with van der Waals surface area (Å²) >= 11 is 0. The monoisotopic (exact) mass is 471 g/mol. The molecule has 2 N–H and O–H groups in total. The van der Waals surface area contributed by atoms with Crippen LogP contribution in [0.1, 0.15) is 48.8 Å². The third kappa shape index (κ3) is 4.26. The quantitative estimate of drug-likeness (QED) is 0.636. The Morgan fingerprint density at radius 3 is 2.83 bits per heavy atom. The highest BCUT2D eigenvalue weighted by Crippen LogP contribution is 2.55. The summed E-state index contributed by atoms with van der Waals surface area (Å²) in [6.45, 7) is 1.17. The first-order valence-corrected chi connectivity index (χ1v) is 11.8. The molecule has 2 aliphatic heterocycles.